The van der Waals surface area contributed by atoms with Gasteiger partial charge in [-0.25, -0.2) is 0 Å². The van der Waals surface area contributed by atoms with Gasteiger partial charge in [-0.1, -0.05) is 49.7 Å². The Labute approximate surface area is 160 Å². The fourth-order valence-electron chi connectivity index (χ4n) is 2.81. The zero-order valence-corrected chi connectivity index (χ0v) is 16.7. The second-order valence-electron chi connectivity index (χ2n) is 6.19. The van der Waals surface area contributed by atoms with E-state index in [2.05, 4.69) is 41.3 Å². The Balaban J connectivity index is 2.00. The highest BCUT2D eigenvalue weighted by Gasteiger charge is 2.09. The molecule has 0 unspecified atom stereocenters. The first-order chi connectivity index (χ1) is 12.5. The maximum atomic E-state index is 12.2. The van der Waals surface area contributed by atoms with E-state index in [1.54, 1.807) is 17.8 Å². The first-order valence-electron chi connectivity index (χ1n) is 8.90. The number of halogens is 1. The van der Waals surface area contributed by atoms with Crippen LogP contribution < -0.4 is 5.32 Å². The van der Waals surface area contributed by atoms with E-state index in [4.69, 9.17) is 11.6 Å². The molecule has 6 heteroatoms. The van der Waals surface area contributed by atoms with Gasteiger partial charge < -0.3 is 5.32 Å². The third-order valence-corrected chi connectivity index (χ3v) is 4.91. The monoisotopic (exact) mass is 374 g/mol. The maximum Gasteiger partial charge on any atom is 0.244 e. The summed E-state index contributed by atoms with van der Waals surface area (Å²) < 4.78 is 1.60. The fourth-order valence-corrected chi connectivity index (χ4v) is 3.05. The zero-order valence-electron chi connectivity index (χ0n) is 15.9. The summed E-state index contributed by atoms with van der Waals surface area (Å²) in [6, 6.07) is 8.22. The van der Waals surface area contributed by atoms with Crippen LogP contribution in [0.1, 0.15) is 36.2 Å². The molecule has 1 N–H and O–H groups in total. The van der Waals surface area contributed by atoms with Crippen LogP contribution in [0.3, 0.4) is 0 Å². The number of aryl methyl sites for hydroxylation is 2. The molecule has 0 aliphatic heterocycles. The molecule has 1 heterocycles. The van der Waals surface area contributed by atoms with Crippen LogP contribution in [-0.2, 0) is 24.9 Å². The lowest BCUT2D eigenvalue weighted by molar-refractivity contribution is -0.116. The summed E-state index contributed by atoms with van der Waals surface area (Å²) in [7, 11) is 1.78. The molecule has 0 saturated carbocycles. The highest BCUT2D eigenvalue weighted by Crippen LogP contribution is 2.19. The van der Waals surface area contributed by atoms with E-state index in [1.807, 2.05) is 19.1 Å². The van der Waals surface area contributed by atoms with Crippen molar-refractivity contribution in [3.63, 3.8) is 0 Å². The van der Waals surface area contributed by atoms with Crippen LogP contribution in [0.25, 0.3) is 6.08 Å². The van der Waals surface area contributed by atoms with E-state index in [-0.39, 0.29) is 5.91 Å². The van der Waals surface area contributed by atoms with Crippen molar-refractivity contribution >= 4 is 23.6 Å². The lowest BCUT2D eigenvalue weighted by Gasteiger charge is -2.20. The van der Waals surface area contributed by atoms with Crippen molar-refractivity contribution in [1.29, 1.82) is 0 Å². The summed E-state index contributed by atoms with van der Waals surface area (Å²) in [5.74, 6) is -0.151. The van der Waals surface area contributed by atoms with Gasteiger partial charge in [0.15, 0.2) is 0 Å². The Hall–Kier alpha value is -2.11. The van der Waals surface area contributed by atoms with E-state index in [0.29, 0.717) is 11.7 Å². The first kappa shape index (κ1) is 20.2. The Morgan fingerprint density at radius 2 is 1.92 bits per heavy atom. The molecule has 2 rings (SSSR count). The molecule has 0 radical (unpaired) electrons. The normalized spacial score (nSPS) is 11.5. The molecule has 0 aliphatic carbocycles. The van der Waals surface area contributed by atoms with Crippen LogP contribution >= 0.6 is 11.6 Å². The van der Waals surface area contributed by atoms with Crippen LogP contribution in [0.5, 0.6) is 0 Å². The van der Waals surface area contributed by atoms with Gasteiger partial charge >= 0.3 is 0 Å². The summed E-state index contributed by atoms with van der Waals surface area (Å²) in [5, 5.41) is 7.71. The number of aromatic nitrogens is 2. The van der Waals surface area contributed by atoms with Gasteiger partial charge in [0.2, 0.25) is 5.91 Å². The largest absolute Gasteiger partial charge is 0.348 e. The molecule has 5 nitrogen and oxygen atoms in total. The number of carbonyl (C=O) groups excluding carboxylic acids is 1. The van der Waals surface area contributed by atoms with Crippen LogP contribution in [0.4, 0.5) is 0 Å². The van der Waals surface area contributed by atoms with Crippen LogP contribution in [0.15, 0.2) is 30.3 Å². The maximum absolute atomic E-state index is 12.2. The second kappa shape index (κ2) is 9.55. The third kappa shape index (κ3) is 5.19. The Morgan fingerprint density at radius 1 is 1.27 bits per heavy atom. The highest BCUT2D eigenvalue weighted by atomic mass is 35.5. The van der Waals surface area contributed by atoms with Crippen molar-refractivity contribution in [3.8, 4) is 0 Å². The molecule has 0 saturated heterocycles. The molecule has 1 aromatic heterocycles. The highest BCUT2D eigenvalue weighted by molar-refractivity contribution is 6.31. The average molecular weight is 375 g/mol. The molecule has 26 heavy (non-hydrogen) atoms. The van der Waals surface area contributed by atoms with Crippen LogP contribution in [0.2, 0.25) is 5.15 Å². The summed E-state index contributed by atoms with van der Waals surface area (Å²) in [6.07, 6.45) is 3.21. The predicted molar refractivity (Wildman–Crippen MR) is 107 cm³/mol. The molecule has 0 fully saturated rings. The van der Waals surface area contributed by atoms with E-state index < -0.39 is 0 Å². The third-order valence-electron chi connectivity index (χ3n) is 4.46. The summed E-state index contributed by atoms with van der Waals surface area (Å²) in [5.41, 5.74) is 3.95. The van der Waals surface area contributed by atoms with Crippen molar-refractivity contribution in [2.45, 2.75) is 33.9 Å². The zero-order chi connectivity index (χ0) is 19.1. The lowest BCUT2D eigenvalue weighted by Crippen LogP contribution is -2.25. The van der Waals surface area contributed by atoms with Gasteiger partial charge in [-0.05, 0) is 37.2 Å². The van der Waals surface area contributed by atoms with Crippen molar-refractivity contribution in [2.24, 2.45) is 7.05 Å². The Bertz CT molecular complexity index is 778. The molecule has 0 bridgehead atoms. The van der Waals surface area contributed by atoms with Gasteiger partial charge in [0.05, 0.1) is 5.69 Å². The van der Waals surface area contributed by atoms with E-state index in [9.17, 15) is 4.79 Å². The Kier molecular flexibility index (Phi) is 7.42. The molecule has 1 amide bonds. The molecule has 2 aromatic rings. The molecule has 0 aliphatic rings. The summed E-state index contributed by atoms with van der Waals surface area (Å²) in [4.78, 5) is 14.5. The molecular weight excluding hydrogens is 348 g/mol. The van der Waals surface area contributed by atoms with E-state index >= 15 is 0 Å². The summed E-state index contributed by atoms with van der Waals surface area (Å²) in [6.45, 7) is 9.58. The smallest absolute Gasteiger partial charge is 0.244 e. The number of hydrogen-bond acceptors (Lipinski definition) is 3. The minimum Gasteiger partial charge on any atom is -0.348 e. The fraction of sp³-hybridized carbons (Fsp3) is 0.400. The number of carbonyl (C=O) groups is 1. The van der Waals surface area contributed by atoms with Crippen molar-refractivity contribution in [1.82, 2.24) is 20.0 Å². The van der Waals surface area contributed by atoms with Gasteiger partial charge in [0, 0.05) is 31.8 Å². The van der Waals surface area contributed by atoms with Crippen molar-refractivity contribution < 1.29 is 4.79 Å². The SMILES string of the molecule is CCN(CC)Cc1ccccc1CNC(=O)/C=C/c1c(C)nn(C)c1Cl. The molecular formula is C20H27ClN4O. The van der Waals surface area contributed by atoms with E-state index in [1.165, 1.54) is 11.6 Å². The van der Waals surface area contributed by atoms with Gasteiger partial charge in [0.25, 0.3) is 0 Å². The topological polar surface area (TPSA) is 50.2 Å². The van der Waals surface area contributed by atoms with Crippen molar-refractivity contribution in [2.75, 3.05) is 13.1 Å². The quantitative estimate of drug-likeness (QED) is 0.719. The predicted octanol–water partition coefficient (Wildman–Crippen LogP) is 3.55. The first-order valence-corrected chi connectivity index (χ1v) is 9.28. The standard InChI is InChI=1S/C20H27ClN4O/c1-5-25(6-2)14-17-10-8-7-9-16(17)13-22-19(26)12-11-18-15(3)23-24(4)20(18)21/h7-12H,5-6,13-14H2,1-4H3,(H,22,26)/b12-11+. The Morgan fingerprint density at radius 3 is 2.50 bits per heavy atom. The molecule has 140 valence electrons. The minimum atomic E-state index is -0.151. The van der Waals surface area contributed by atoms with Crippen LogP contribution in [0, 0.1) is 6.92 Å². The average Bonchev–Trinajstić information content (AvgIpc) is 2.88. The van der Waals surface area contributed by atoms with Gasteiger partial charge in [-0.15, -0.1) is 0 Å². The number of amides is 1. The minimum absolute atomic E-state index is 0.151. The summed E-state index contributed by atoms with van der Waals surface area (Å²) >= 11 is 6.18. The molecule has 0 spiro atoms. The number of rotatable bonds is 8. The lowest BCUT2D eigenvalue weighted by atomic mass is 10.1. The molecule has 0 atom stereocenters. The number of benzene rings is 1. The molecule has 1 aromatic carbocycles. The second-order valence-corrected chi connectivity index (χ2v) is 6.55. The van der Waals surface area contributed by atoms with Gasteiger partial charge in [-0.2, -0.15) is 5.10 Å². The van der Waals surface area contributed by atoms with Crippen molar-refractivity contribution in [3.05, 3.63) is 57.9 Å². The van der Waals surface area contributed by atoms with E-state index in [0.717, 1.165) is 36.5 Å². The number of nitrogens with zero attached hydrogens (tertiary/aromatic N) is 3. The number of nitrogens with one attached hydrogen (secondary N) is 1. The number of hydrogen-bond donors (Lipinski definition) is 1. The van der Waals surface area contributed by atoms with Gasteiger partial charge in [-0.3, -0.25) is 14.4 Å². The van der Waals surface area contributed by atoms with Crippen LogP contribution in [-0.4, -0.2) is 33.7 Å². The van der Waals surface area contributed by atoms with Gasteiger partial charge in [0.1, 0.15) is 5.15 Å².